The minimum atomic E-state index is -3.91. The van der Waals surface area contributed by atoms with Crippen LogP contribution in [-0.2, 0) is 14.8 Å². The van der Waals surface area contributed by atoms with E-state index >= 15 is 0 Å². The van der Waals surface area contributed by atoms with Crippen LogP contribution in [0.3, 0.4) is 0 Å². The van der Waals surface area contributed by atoms with E-state index in [1.807, 2.05) is 0 Å². The predicted molar refractivity (Wildman–Crippen MR) is 165 cm³/mol. The number of piperazine rings is 1. The van der Waals surface area contributed by atoms with E-state index in [-0.39, 0.29) is 42.0 Å². The van der Waals surface area contributed by atoms with Crippen LogP contribution in [-0.4, -0.2) is 94.6 Å². The number of thioether (sulfide) groups is 1. The Kier molecular flexibility index (Phi) is 8.56. The fourth-order valence-corrected chi connectivity index (χ4v) is 9.42. The summed E-state index contributed by atoms with van der Waals surface area (Å²) in [7, 11) is -3.91. The average molecular weight is 659 g/mol. The van der Waals surface area contributed by atoms with E-state index < -0.39 is 22.0 Å². The first-order valence-electron chi connectivity index (χ1n) is 13.6. The number of fused-ring (bicyclic) bond motifs is 1. The van der Waals surface area contributed by atoms with Gasteiger partial charge in [-0.3, -0.25) is 9.59 Å². The van der Waals surface area contributed by atoms with Gasteiger partial charge in [0.1, 0.15) is 4.21 Å². The second-order valence-corrected chi connectivity index (χ2v) is 15.1. The Bertz CT molecular complexity index is 1780. The summed E-state index contributed by atoms with van der Waals surface area (Å²) in [6, 6.07) is 11.1. The lowest BCUT2D eigenvalue weighted by atomic mass is 10.1. The monoisotopic (exact) mass is 658 g/mol. The van der Waals surface area contributed by atoms with Gasteiger partial charge in [0.25, 0.3) is 15.9 Å². The molecule has 1 atom stereocenters. The van der Waals surface area contributed by atoms with Gasteiger partial charge in [0.15, 0.2) is 6.20 Å². The van der Waals surface area contributed by atoms with Crippen molar-refractivity contribution in [2.45, 2.75) is 16.7 Å². The van der Waals surface area contributed by atoms with Crippen molar-refractivity contribution < 1.29 is 22.7 Å². The Labute approximate surface area is 261 Å². The first kappa shape index (κ1) is 29.8. The minimum absolute atomic E-state index is 0.0251. The Morgan fingerprint density at radius 1 is 1.05 bits per heavy atom. The van der Waals surface area contributed by atoms with Gasteiger partial charge >= 0.3 is 0 Å². The van der Waals surface area contributed by atoms with Crippen molar-refractivity contribution in [1.29, 1.82) is 0 Å². The highest BCUT2D eigenvalue weighted by Gasteiger charge is 2.39. The van der Waals surface area contributed by atoms with E-state index in [9.17, 15) is 23.2 Å². The third-order valence-electron chi connectivity index (χ3n) is 7.50. The predicted octanol–water partition coefficient (Wildman–Crippen LogP) is 3.13. The number of carbonyl (C=O) groups excluding carboxylic acids is 2. The lowest BCUT2D eigenvalue weighted by Gasteiger charge is -2.41. The molecule has 0 spiro atoms. The summed E-state index contributed by atoms with van der Waals surface area (Å²) < 4.78 is 30.5. The number of carbonyl (C=O) groups is 2. The first-order valence-corrected chi connectivity index (χ1v) is 17.4. The molecule has 0 saturated carbocycles. The number of halogens is 1. The van der Waals surface area contributed by atoms with E-state index in [4.69, 9.17) is 11.6 Å². The van der Waals surface area contributed by atoms with Gasteiger partial charge in [-0.25, -0.2) is 18.4 Å². The molecular formula is C28H27ClN6O5S3. The molecule has 2 aliphatic heterocycles. The Hall–Kier alpha value is -3.30. The van der Waals surface area contributed by atoms with Crippen LogP contribution >= 0.6 is 34.7 Å². The largest absolute Gasteiger partial charge is 0.618 e. The fourth-order valence-electron chi connectivity index (χ4n) is 5.22. The maximum absolute atomic E-state index is 13.8. The highest BCUT2D eigenvalue weighted by atomic mass is 35.5. The summed E-state index contributed by atoms with van der Waals surface area (Å²) in [5, 5.41) is 13.4. The molecule has 15 heteroatoms. The molecule has 5 heterocycles. The highest BCUT2D eigenvalue weighted by molar-refractivity contribution is 7.99. The van der Waals surface area contributed by atoms with Crippen LogP contribution in [0.4, 0.5) is 0 Å². The second kappa shape index (κ2) is 12.4. The second-order valence-electron chi connectivity index (χ2n) is 10.2. The van der Waals surface area contributed by atoms with Crippen molar-refractivity contribution >= 4 is 66.6 Å². The molecule has 11 nitrogen and oxygen atoms in total. The summed E-state index contributed by atoms with van der Waals surface area (Å²) in [6.45, 7) is 1.29. The third-order valence-corrected chi connectivity index (χ3v) is 12.1. The van der Waals surface area contributed by atoms with Crippen molar-refractivity contribution in [2.24, 2.45) is 0 Å². The van der Waals surface area contributed by atoms with Crippen LogP contribution in [0.25, 0.3) is 21.3 Å². The van der Waals surface area contributed by atoms with Gasteiger partial charge in [-0.2, -0.15) is 20.8 Å². The summed E-state index contributed by atoms with van der Waals surface area (Å²) in [4.78, 5) is 38.7. The molecule has 0 bridgehead atoms. The molecule has 2 saturated heterocycles. The summed E-state index contributed by atoms with van der Waals surface area (Å²) in [5.74, 6) is 0.942. The number of thiophene rings is 1. The fraction of sp³-hybridized carbons (Fsp3) is 0.321. The number of hydrogen-bond acceptors (Lipinski definition) is 9. The number of rotatable bonds is 6. The zero-order chi connectivity index (χ0) is 30.1. The standard InChI is InChI=1S/C28H27ClN6O5S3/c29-21-5-4-19-13-26(42-24(19)14-21)43(39,40)33-7-8-34(22(18-33)15-25(36)32-9-11-41-12-10-32)28(37)27-30-16-20(17-31-27)23-3-1-2-6-35(23)38/h1-6,13-14,16-17,22H,7-12,15,18H2. The smallest absolute Gasteiger partial charge is 0.292 e. The minimum Gasteiger partial charge on any atom is -0.618 e. The lowest BCUT2D eigenvalue weighted by molar-refractivity contribution is -0.593. The van der Waals surface area contributed by atoms with Gasteiger partial charge in [0, 0.05) is 84.9 Å². The lowest BCUT2D eigenvalue weighted by Crippen LogP contribution is -2.58. The molecule has 0 N–H and O–H groups in total. The molecule has 1 aromatic carbocycles. The zero-order valence-corrected chi connectivity index (χ0v) is 26.0. The van der Waals surface area contributed by atoms with E-state index in [2.05, 4.69) is 9.97 Å². The molecule has 6 rings (SSSR count). The number of aromatic nitrogens is 3. The molecule has 3 aromatic heterocycles. The van der Waals surface area contributed by atoms with E-state index in [1.165, 1.54) is 27.8 Å². The van der Waals surface area contributed by atoms with Crippen LogP contribution in [0, 0.1) is 5.21 Å². The van der Waals surface area contributed by atoms with Crippen molar-refractivity contribution in [2.75, 3.05) is 44.2 Å². The van der Waals surface area contributed by atoms with Crippen LogP contribution < -0.4 is 4.73 Å². The summed E-state index contributed by atoms with van der Waals surface area (Å²) in [6.07, 6.45) is 4.15. The van der Waals surface area contributed by atoms with Crippen molar-refractivity contribution in [1.82, 2.24) is 24.1 Å². The van der Waals surface area contributed by atoms with E-state index in [0.717, 1.165) is 32.9 Å². The van der Waals surface area contributed by atoms with Gasteiger partial charge < -0.3 is 15.0 Å². The number of pyridine rings is 1. The van der Waals surface area contributed by atoms with Crippen LogP contribution in [0.5, 0.6) is 0 Å². The maximum atomic E-state index is 13.8. The quantitative estimate of drug-likeness (QED) is 0.228. The number of benzene rings is 1. The molecule has 2 amide bonds. The molecule has 2 fully saturated rings. The van der Waals surface area contributed by atoms with Crippen molar-refractivity contribution in [3.8, 4) is 11.3 Å². The molecule has 2 aliphatic rings. The topological polar surface area (TPSA) is 131 Å². The van der Waals surface area contributed by atoms with Crippen molar-refractivity contribution in [3.05, 3.63) is 77.1 Å². The molecule has 0 radical (unpaired) electrons. The summed E-state index contributed by atoms with van der Waals surface area (Å²) in [5.41, 5.74) is 0.786. The third kappa shape index (κ3) is 6.20. The average Bonchev–Trinajstić information content (AvgIpc) is 3.46. The number of sulfonamides is 1. The molecule has 224 valence electrons. The first-order chi connectivity index (χ1) is 20.7. The Balaban J connectivity index is 1.26. The van der Waals surface area contributed by atoms with Gasteiger partial charge in [0.2, 0.25) is 17.4 Å². The van der Waals surface area contributed by atoms with Gasteiger partial charge in [-0.05, 0) is 29.7 Å². The normalized spacial score (nSPS) is 18.2. The molecule has 0 aliphatic carbocycles. The molecule has 4 aromatic rings. The molecular weight excluding hydrogens is 632 g/mol. The van der Waals surface area contributed by atoms with Crippen LogP contribution in [0.1, 0.15) is 17.0 Å². The van der Waals surface area contributed by atoms with Gasteiger partial charge in [0.05, 0.1) is 11.6 Å². The number of nitrogens with zero attached hydrogens (tertiary/aromatic N) is 6. The van der Waals surface area contributed by atoms with E-state index in [0.29, 0.717) is 34.1 Å². The van der Waals surface area contributed by atoms with Gasteiger partial charge in [-0.1, -0.05) is 17.7 Å². The van der Waals surface area contributed by atoms with E-state index in [1.54, 1.807) is 59.1 Å². The van der Waals surface area contributed by atoms with Crippen LogP contribution in [0.15, 0.2) is 65.3 Å². The van der Waals surface area contributed by atoms with Gasteiger partial charge in [-0.15, -0.1) is 11.3 Å². The highest BCUT2D eigenvalue weighted by Crippen LogP contribution is 2.34. The number of hydrogen-bond donors (Lipinski definition) is 0. The molecule has 43 heavy (non-hydrogen) atoms. The summed E-state index contributed by atoms with van der Waals surface area (Å²) >= 11 is 9.03. The zero-order valence-electron chi connectivity index (χ0n) is 22.8. The Morgan fingerprint density at radius 2 is 1.81 bits per heavy atom. The molecule has 1 unspecified atom stereocenters. The van der Waals surface area contributed by atoms with Crippen molar-refractivity contribution in [3.63, 3.8) is 0 Å². The van der Waals surface area contributed by atoms with Crippen LogP contribution in [0.2, 0.25) is 5.02 Å². The number of amides is 2. The Morgan fingerprint density at radius 3 is 2.56 bits per heavy atom. The maximum Gasteiger partial charge on any atom is 0.292 e. The SMILES string of the molecule is O=C(CC1CN(S(=O)(=O)c2cc3ccc(Cl)cc3s2)CCN1C(=O)c1ncc(-c2cccc[n+]2[O-])cn1)N1CCSCC1.